The highest BCUT2D eigenvalue weighted by atomic mass is 32.1. The second kappa shape index (κ2) is 15.6. The molecule has 0 fully saturated rings. The molecule has 6 heteroatoms. The molecule has 5 nitrogen and oxygen atoms in total. The summed E-state index contributed by atoms with van der Waals surface area (Å²) in [5.41, 5.74) is 20.5. The summed E-state index contributed by atoms with van der Waals surface area (Å²) < 4.78 is 15.7. The van der Waals surface area contributed by atoms with E-state index in [1.54, 1.807) is 11.3 Å². The molecule has 0 bridgehead atoms. The first-order valence-electron chi connectivity index (χ1n) is 25.7. The van der Waals surface area contributed by atoms with Crippen molar-refractivity contribution in [3.63, 3.8) is 0 Å². The summed E-state index contributed by atoms with van der Waals surface area (Å²) in [6.45, 7) is 0. The fourth-order valence-corrected chi connectivity index (χ4v) is 14.2. The monoisotopic (exact) mass is 985 g/mol. The largest absolute Gasteiger partial charge is 0.456 e. The van der Waals surface area contributed by atoms with Crippen LogP contribution in [0.4, 0.5) is 0 Å². The molecule has 1 spiro atoms. The molecular weight excluding hydrogens is 947 g/mol. The van der Waals surface area contributed by atoms with E-state index in [0.29, 0.717) is 17.5 Å². The quantitative estimate of drug-likeness (QED) is 0.172. The Bertz CT molecular complexity index is 4900. The second-order valence-electron chi connectivity index (χ2n) is 20.0. The molecule has 352 valence electrons. The van der Waals surface area contributed by atoms with E-state index in [1.165, 1.54) is 70.4 Å². The van der Waals surface area contributed by atoms with Crippen LogP contribution in [0.3, 0.4) is 0 Å². The zero-order valence-corrected chi connectivity index (χ0v) is 41.4. The molecule has 0 radical (unpaired) electrons. The normalized spacial score (nSPS) is 13.1. The highest BCUT2D eigenvalue weighted by Gasteiger charge is 2.52. The molecule has 0 atom stereocenters. The molecule has 0 N–H and O–H groups in total. The molecule has 0 saturated carbocycles. The van der Waals surface area contributed by atoms with Gasteiger partial charge in [0, 0.05) is 52.8 Å². The molecule has 0 unspecified atom stereocenters. The zero-order valence-electron chi connectivity index (χ0n) is 40.6. The van der Waals surface area contributed by atoms with Crippen LogP contribution in [0.2, 0.25) is 0 Å². The van der Waals surface area contributed by atoms with E-state index < -0.39 is 5.41 Å². The Morgan fingerprint density at radius 3 is 1.55 bits per heavy atom. The molecular formula is C70H39N3O2S. The number of rotatable bonds is 5. The average Bonchev–Trinajstić information content (AvgIpc) is 4.31. The first-order chi connectivity index (χ1) is 37.7. The van der Waals surface area contributed by atoms with E-state index >= 15 is 0 Å². The van der Waals surface area contributed by atoms with E-state index in [0.717, 1.165) is 77.1 Å². The number of hydrogen-bond donors (Lipinski definition) is 0. The number of benzene rings is 11. The molecule has 76 heavy (non-hydrogen) atoms. The first-order valence-corrected chi connectivity index (χ1v) is 26.6. The minimum Gasteiger partial charge on any atom is -0.456 e. The summed E-state index contributed by atoms with van der Waals surface area (Å²) in [5.74, 6) is 1.68. The minimum atomic E-state index is -0.439. The summed E-state index contributed by atoms with van der Waals surface area (Å²) >= 11 is 1.78. The molecule has 2 aliphatic carbocycles. The SMILES string of the molecule is c1ccc2c(c1)-c1ccccc1C21c2ccccc2-c2cccc(-c3ccc(-c4ccc5oc6cccc(-c7nc(-c8cccc9c8oc8ccccc89)nc(-c8cccc9sc%10ccccc%10c89)n7)c6c5c4)cc3)c21. The molecule has 15 aromatic rings. The van der Waals surface area contributed by atoms with Gasteiger partial charge in [0.05, 0.1) is 11.0 Å². The molecule has 0 amide bonds. The standard InChI is InChI=1S/C70H39N3O2S/c1-6-26-55-44(15-1)45-16-2-7-27-56(45)70(55)57-28-8-3-17-46(57)48-21-11-20-43(65(48)70)41-35-33-40(34-36-41)42-37-38-59-54(39-42)63-51(23-13-30-60(63)74-59)67-71-68(52-24-14-32-62-64(52)50-19-5-10-31-61(50)76-62)73-69(72-67)53-25-12-22-49-47-18-4-9-29-58(47)75-66(49)53/h1-39H. The maximum atomic E-state index is 6.68. The van der Waals surface area contributed by atoms with Gasteiger partial charge in [-0.25, -0.2) is 15.0 Å². The fraction of sp³-hybridized carbons (Fsp3) is 0.0143. The van der Waals surface area contributed by atoms with Gasteiger partial charge in [0.25, 0.3) is 0 Å². The van der Waals surface area contributed by atoms with Gasteiger partial charge in [-0.1, -0.05) is 194 Å². The Morgan fingerprint density at radius 2 is 0.789 bits per heavy atom. The van der Waals surface area contributed by atoms with Crippen molar-refractivity contribution in [1.82, 2.24) is 15.0 Å². The lowest BCUT2D eigenvalue weighted by atomic mass is 9.68. The Balaban J connectivity index is 0.825. The summed E-state index contributed by atoms with van der Waals surface area (Å²) in [7, 11) is 0. The predicted octanol–water partition coefficient (Wildman–Crippen LogP) is 18.7. The Hall–Kier alpha value is -9.75. The Labute approximate surface area is 439 Å². The third-order valence-electron chi connectivity index (χ3n) is 16.2. The molecule has 0 saturated heterocycles. The third kappa shape index (κ3) is 5.71. The minimum absolute atomic E-state index is 0.439. The highest BCUT2D eigenvalue weighted by Crippen LogP contribution is 2.64. The van der Waals surface area contributed by atoms with Crippen molar-refractivity contribution in [2.24, 2.45) is 0 Å². The van der Waals surface area contributed by atoms with Crippen LogP contribution in [0.15, 0.2) is 245 Å². The van der Waals surface area contributed by atoms with Crippen LogP contribution in [0, 0.1) is 0 Å². The van der Waals surface area contributed by atoms with Crippen molar-refractivity contribution in [3.05, 3.63) is 259 Å². The van der Waals surface area contributed by atoms with E-state index in [1.807, 2.05) is 30.3 Å². The van der Waals surface area contributed by atoms with Crippen LogP contribution >= 0.6 is 11.3 Å². The number of nitrogens with zero attached hydrogens (tertiary/aromatic N) is 3. The van der Waals surface area contributed by atoms with E-state index in [4.69, 9.17) is 23.8 Å². The number of thiophene rings is 1. The smallest absolute Gasteiger partial charge is 0.167 e. The van der Waals surface area contributed by atoms with Crippen molar-refractivity contribution >= 4 is 75.4 Å². The molecule has 17 rings (SSSR count). The topological polar surface area (TPSA) is 65.0 Å². The van der Waals surface area contributed by atoms with Gasteiger partial charge in [-0.15, -0.1) is 11.3 Å². The summed E-state index contributed by atoms with van der Waals surface area (Å²) in [4.78, 5) is 16.1. The van der Waals surface area contributed by atoms with Crippen LogP contribution in [0.25, 0.3) is 143 Å². The van der Waals surface area contributed by atoms with Gasteiger partial charge in [-0.3, -0.25) is 0 Å². The van der Waals surface area contributed by atoms with Crippen LogP contribution in [-0.4, -0.2) is 15.0 Å². The molecule has 2 aliphatic rings. The highest BCUT2D eigenvalue weighted by molar-refractivity contribution is 7.25. The Morgan fingerprint density at radius 1 is 0.303 bits per heavy atom. The van der Waals surface area contributed by atoms with Gasteiger partial charge in [0.1, 0.15) is 22.3 Å². The first kappa shape index (κ1) is 41.7. The lowest BCUT2D eigenvalue weighted by molar-refractivity contribution is 0.668. The second-order valence-corrected chi connectivity index (χ2v) is 21.1. The van der Waals surface area contributed by atoms with E-state index in [9.17, 15) is 0 Å². The molecule has 4 aromatic heterocycles. The summed E-state index contributed by atoms with van der Waals surface area (Å²) in [6, 6.07) is 85.1. The zero-order chi connectivity index (χ0) is 49.6. The van der Waals surface area contributed by atoms with Gasteiger partial charge in [0.15, 0.2) is 17.5 Å². The van der Waals surface area contributed by atoms with Crippen LogP contribution in [0.5, 0.6) is 0 Å². The Kier molecular flexibility index (Phi) is 8.58. The number of fused-ring (bicyclic) bond motifs is 19. The van der Waals surface area contributed by atoms with Crippen molar-refractivity contribution in [2.75, 3.05) is 0 Å². The van der Waals surface area contributed by atoms with Crippen molar-refractivity contribution < 1.29 is 8.83 Å². The number of furan rings is 2. The average molecular weight is 986 g/mol. The number of hydrogen-bond acceptors (Lipinski definition) is 6. The van der Waals surface area contributed by atoms with Gasteiger partial charge >= 0.3 is 0 Å². The number of aromatic nitrogens is 3. The lowest BCUT2D eigenvalue weighted by Gasteiger charge is -2.32. The maximum Gasteiger partial charge on any atom is 0.167 e. The predicted molar refractivity (Wildman–Crippen MR) is 311 cm³/mol. The van der Waals surface area contributed by atoms with Gasteiger partial charge in [0.2, 0.25) is 0 Å². The maximum absolute atomic E-state index is 6.68. The van der Waals surface area contributed by atoms with Crippen molar-refractivity contribution in [3.8, 4) is 78.7 Å². The van der Waals surface area contributed by atoms with Crippen molar-refractivity contribution in [1.29, 1.82) is 0 Å². The molecule has 0 aliphatic heterocycles. The van der Waals surface area contributed by atoms with E-state index in [2.05, 4.69) is 206 Å². The molecule has 11 aromatic carbocycles. The fourth-order valence-electron chi connectivity index (χ4n) is 13.1. The van der Waals surface area contributed by atoms with Gasteiger partial charge < -0.3 is 8.83 Å². The van der Waals surface area contributed by atoms with Crippen LogP contribution in [0.1, 0.15) is 22.3 Å². The van der Waals surface area contributed by atoms with Gasteiger partial charge in [-0.2, -0.15) is 0 Å². The van der Waals surface area contributed by atoms with E-state index in [-0.39, 0.29) is 0 Å². The number of para-hydroxylation sites is 2. The molecule has 4 heterocycles. The third-order valence-corrected chi connectivity index (χ3v) is 17.3. The van der Waals surface area contributed by atoms with Gasteiger partial charge in [-0.05, 0) is 109 Å². The van der Waals surface area contributed by atoms with Crippen LogP contribution in [-0.2, 0) is 5.41 Å². The van der Waals surface area contributed by atoms with Crippen LogP contribution < -0.4 is 0 Å². The summed E-state index contributed by atoms with van der Waals surface area (Å²) in [6.07, 6.45) is 0. The lowest BCUT2D eigenvalue weighted by Crippen LogP contribution is -2.26. The van der Waals surface area contributed by atoms with Crippen molar-refractivity contribution in [2.45, 2.75) is 5.41 Å². The summed E-state index contributed by atoms with van der Waals surface area (Å²) in [5, 5.41) is 6.30.